The number of rotatable bonds is 3. The molecule has 1 N–H and O–H groups in total. The molecule has 2 rings (SSSR count). The van der Waals surface area contributed by atoms with Gasteiger partial charge >= 0.3 is 0 Å². The molecule has 0 aliphatic carbocycles. The van der Waals surface area contributed by atoms with E-state index in [0.29, 0.717) is 22.0 Å². The van der Waals surface area contributed by atoms with E-state index in [9.17, 15) is 0 Å². The summed E-state index contributed by atoms with van der Waals surface area (Å²) in [4.78, 5) is 2.34. The van der Waals surface area contributed by atoms with E-state index < -0.39 is 0 Å². The van der Waals surface area contributed by atoms with Gasteiger partial charge in [0.25, 0.3) is 0 Å². The van der Waals surface area contributed by atoms with Gasteiger partial charge in [-0.25, -0.2) is 0 Å². The highest BCUT2D eigenvalue weighted by molar-refractivity contribution is 6.43. The maximum Gasteiger partial charge on any atom is 0.0825 e. The van der Waals surface area contributed by atoms with Crippen LogP contribution in [0, 0.1) is 5.92 Å². The van der Waals surface area contributed by atoms with Crippen molar-refractivity contribution >= 4 is 28.9 Å². The second kappa shape index (κ2) is 6.14. The van der Waals surface area contributed by atoms with E-state index in [1.54, 1.807) is 0 Å². The minimum absolute atomic E-state index is 0.615. The highest BCUT2D eigenvalue weighted by Crippen LogP contribution is 2.34. The molecule has 2 nitrogen and oxygen atoms in total. The zero-order valence-corrected chi connectivity index (χ0v) is 12.4. The van der Waals surface area contributed by atoms with Gasteiger partial charge in [-0.2, -0.15) is 0 Å². The summed E-state index contributed by atoms with van der Waals surface area (Å²) in [6.45, 7) is 7.54. The lowest BCUT2D eigenvalue weighted by atomic mass is 9.93. The Kier molecular flexibility index (Phi) is 4.77. The van der Waals surface area contributed by atoms with E-state index in [4.69, 9.17) is 23.2 Å². The first-order valence-corrected chi connectivity index (χ1v) is 7.31. The molecule has 0 saturated carbocycles. The Hall–Kier alpha value is -0.440. The number of nitrogens with one attached hydrogen (secondary N) is 1. The minimum atomic E-state index is 0.615. The molecule has 0 bridgehead atoms. The fourth-order valence-corrected chi connectivity index (χ4v) is 3.08. The van der Waals surface area contributed by atoms with Crippen LogP contribution >= 0.6 is 23.2 Å². The van der Waals surface area contributed by atoms with E-state index in [1.807, 2.05) is 12.1 Å². The number of halogens is 2. The molecule has 1 heterocycles. The molecule has 1 fully saturated rings. The SMILES string of the molecule is CCNC1CCN(c2cccc(Cl)c2Cl)CC1C. The molecule has 0 spiro atoms. The van der Waals surface area contributed by atoms with Crippen LogP contribution in [0.1, 0.15) is 20.3 Å². The zero-order chi connectivity index (χ0) is 13.1. The van der Waals surface area contributed by atoms with Crippen molar-refractivity contribution in [1.82, 2.24) is 5.32 Å². The highest BCUT2D eigenvalue weighted by atomic mass is 35.5. The monoisotopic (exact) mass is 286 g/mol. The Morgan fingerprint density at radius 3 is 2.83 bits per heavy atom. The Balaban J connectivity index is 2.10. The molecule has 0 radical (unpaired) electrons. The smallest absolute Gasteiger partial charge is 0.0825 e. The van der Waals surface area contributed by atoms with Gasteiger partial charge in [0.05, 0.1) is 15.7 Å². The van der Waals surface area contributed by atoms with Crippen LogP contribution < -0.4 is 10.2 Å². The van der Waals surface area contributed by atoms with Crippen LogP contribution in [0.25, 0.3) is 0 Å². The van der Waals surface area contributed by atoms with Crippen LogP contribution in [0.2, 0.25) is 10.0 Å². The van der Waals surface area contributed by atoms with Crippen molar-refractivity contribution in [2.45, 2.75) is 26.3 Å². The van der Waals surface area contributed by atoms with Crippen LogP contribution in [-0.4, -0.2) is 25.7 Å². The molecule has 0 aromatic heterocycles. The summed E-state index contributed by atoms with van der Waals surface area (Å²) in [6.07, 6.45) is 1.15. The quantitative estimate of drug-likeness (QED) is 0.909. The fourth-order valence-electron chi connectivity index (χ4n) is 2.67. The van der Waals surface area contributed by atoms with Crippen molar-refractivity contribution in [3.05, 3.63) is 28.2 Å². The van der Waals surface area contributed by atoms with Crippen LogP contribution in [-0.2, 0) is 0 Å². The van der Waals surface area contributed by atoms with Crippen LogP contribution in [0.4, 0.5) is 5.69 Å². The summed E-state index contributed by atoms with van der Waals surface area (Å²) >= 11 is 12.4. The average molecular weight is 287 g/mol. The molecule has 2 atom stereocenters. The molecule has 1 aliphatic heterocycles. The number of nitrogens with zero attached hydrogens (tertiary/aromatic N) is 1. The van der Waals surface area contributed by atoms with Crippen LogP contribution in [0.5, 0.6) is 0 Å². The van der Waals surface area contributed by atoms with Crippen LogP contribution in [0.15, 0.2) is 18.2 Å². The maximum atomic E-state index is 6.28. The van der Waals surface area contributed by atoms with Gasteiger partial charge in [0.2, 0.25) is 0 Å². The molecule has 100 valence electrons. The first kappa shape index (κ1) is 14.0. The standard InChI is InChI=1S/C14H20Cl2N2/c1-3-17-12-7-8-18(9-10(12)2)13-6-4-5-11(15)14(13)16/h4-6,10,12,17H,3,7-9H2,1-2H3. The Labute approximate surface area is 119 Å². The molecule has 18 heavy (non-hydrogen) atoms. The summed E-state index contributed by atoms with van der Waals surface area (Å²) in [5, 5.41) is 4.86. The molecule has 0 amide bonds. The number of anilines is 1. The van der Waals surface area contributed by atoms with Gasteiger partial charge in [-0.3, -0.25) is 0 Å². The molecular formula is C14H20Cl2N2. The molecule has 1 saturated heterocycles. The van der Waals surface area contributed by atoms with Crippen molar-refractivity contribution in [1.29, 1.82) is 0 Å². The van der Waals surface area contributed by atoms with Crippen molar-refractivity contribution in [2.24, 2.45) is 5.92 Å². The Morgan fingerprint density at radius 1 is 1.39 bits per heavy atom. The van der Waals surface area contributed by atoms with Gasteiger partial charge in [-0.1, -0.05) is 43.1 Å². The molecule has 1 aromatic carbocycles. The summed E-state index contributed by atoms with van der Waals surface area (Å²) in [7, 11) is 0. The number of benzene rings is 1. The summed E-state index contributed by atoms with van der Waals surface area (Å²) < 4.78 is 0. The minimum Gasteiger partial charge on any atom is -0.370 e. The largest absolute Gasteiger partial charge is 0.370 e. The van der Waals surface area contributed by atoms with Gasteiger partial charge in [-0.15, -0.1) is 0 Å². The fraction of sp³-hybridized carbons (Fsp3) is 0.571. The van der Waals surface area contributed by atoms with Crippen molar-refractivity contribution in [3.63, 3.8) is 0 Å². The third-order valence-corrected chi connectivity index (χ3v) is 4.45. The third kappa shape index (κ3) is 2.93. The van der Waals surface area contributed by atoms with Gasteiger partial charge in [-0.05, 0) is 31.0 Å². The maximum absolute atomic E-state index is 6.28. The molecular weight excluding hydrogens is 267 g/mol. The molecule has 2 unspecified atom stereocenters. The topological polar surface area (TPSA) is 15.3 Å². The van der Waals surface area contributed by atoms with E-state index in [2.05, 4.69) is 30.1 Å². The van der Waals surface area contributed by atoms with E-state index in [-0.39, 0.29) is 0 Å². The predicted molar refractivity (Wildman–Crippen MR) is 79.9 cm³/mol. The Morgan fingerprint density at radius 2 is 2.17 bits per heavy atom. The Bertz CT molecular complexity index is 409. The number of piperidine rings is 1. The molecule has 1 aliphatic rings. The third-order valence-electron chi connectivity index (χ3n) is 3.64. The summed E-state index contributed by atoms with van der Waals surface area (Å²) in [5.41, 5.74) is 1.06. The number of hydrogen-bond donors (Lipinski definition) is 1. The average Bonchev–Trinajstić information content (AvgIpc) is 2.35. The first-order chi connectivity index (χ1) is 8.63. The lowest BCUT2D eigenvalue weighted by Gasteiger charge is -2.39. The van der Waals surface area contributed by atoms with Gasteiger partial charge in [0.15, 0.2) is 0 Å². The lowest BCUT2D eigenvalue weighted by Crippen LogP contribution is -2.48. The van der Waals surface area contributed by atoms with Crippen molar-refractivity contribution in [3.8, 4) is 0 Å². The highest BCUT2D eigenvalue weighted by Gasteiger charge is 2.26. The second-order valence-electron chi connectivity index (χ2n) is 4.95. The second-order valence-corrected chi connectivity index (χ2v) is 5.73. The van der Waals surface area contributed by atoms with E-state index in [1.165, 1.54) is 0 Å². The van der Waals surface area contributed by atoms with Gasteiger partial charge in [0.1, 0.15) is 0 Å². The van der Waals surface area contributed by atoms with Gasteiger partial charge in [0, 0.05) is 19.1 Å². The van der Waals surface area contributed by atoms with E-state index >= 15 is 0 Å². The molecule has 4 heteroatoms. The van der Waals surface area contributed by atoms with Crippen molar-refractivity contribution < 1.29 is 0 Å². The summed E-state index contributed by atoms with van der Waals surface area (Å²) in [5.74, 6) is 0.619. The molecule has 1 aromatic rings. The first-order valence-electron chi connectivity index (χ1n) is 6.55. The van der Waals surface area contributed by atoms with E-state index in [0.717, 1.165) is 31.7 Å². The van der Waals surface area contributed by atoms with Gasteiger partial charge < -0.3 is 10.2 Å². The lowest BCUT2D eigenvalue weighted by molar-refractivity contribution is 0.327. The zero-order valence-electron chi connectivity index (χ0n) is 10.9. The van der Waals surface area contributed by atoms with Crippen molar-refractivity contribution in [2.75, 3.05) is 24.5 Å². The predicted octanol–water partition coefficient (Wildman–Crippen LogP) is 3.82. The normalized spacial score (nSPS) is 24.3. The summed E-state index contributed by atoms with van der Waals surface area (Å²) in [6, 6.07) is 6.46. The van der Waals surface area contributed by atoms with Crippen LogP contribution in [0.3, 0.4) is 0 Å². The number of hydrogen-bond acceptors (Lipinski definition) is 2.